The van der Waals surface area contributed by atoms with E-state index >= 15 is 0 Å². The van der Waals surface area contributed by atoms with Crippen molar-refractivity contribution in [3.05, 3.63) is 70.7 Å². The standard InChI is InChI=1S/C24H25FN6O.ClH/c1-24(2,3)21-12-22(29-23(32)28-19-9-15(13-26)8-18(25)11-19)31(30-21)20-5-4-17-14-27-7-6-16(17)10-20;/h4-5,8-12,27H,6-7,14H2,1-3H3,(H2,28,29,32);1H. The van der Waals surface area contributed by atoms with Gasteiger partial charge in [0.25, 0.3) is 0 Å². The molecule has 0 fully saturated rings. The largest absolute Gasteiger partial charge is 0.324 e. The normalized spacial score (nSPS) is 12.8. The summed E-state index contributed by atoms with van der Waals surface area (Å²) in [6.45, 7) is 7.93. The number of benzene rings is 2. The summed E-state index contributed by atoms with van der Waals surface area (Å²) in [6.07, 6.45) is 0.931. The van der Waals surface area contributed by atoms with Crippen LogP contribution in [0.1, 0.15) is 43.2 Å². The van der Waals surface area contributed by atoms with Gasteiger partial charge in [-0.15, -0.1) is 12.4 Å². The molecule has 1 aliphatic rings. The van der Waals surface area contributed by atoms with Gasteiger partial charge in [0.1, 0.15) is 11.6 Å². The van der Waals surface area contributed by atoms with E-state index in [1.807, 2.05) is 18.2 Å². The maximum absolute atomic E-state index is 13.7. The Morgan fingerprint density at radius 3 is 2.67 bits per heavy atom. The molecule has 172 valence electrons. The number of fused-ring (bicyclic) bond motifs is 1. The third kappa shape index (κ3) is 5.51. The van der Waals surface area contributed by atoms with E-state index in [-0.39, 0.29) is 29.1 Å². The predicted octanol–water partition coefficient (Wildman–Crippen LogP) is 4.89. The molecule has 1 aliphatic heterocycles. The molecule has 2 amide bonds. The Hall–Kier alpha value is -3.41. The Bertz CT molecular complexity index is 1220. The molecule has 3 aromatic rings. The average Bonchev–Trinajstić information content (AvgIpc) is 3.17. The van der Waals surface area contributed by atoms with E-state index in [0.717, 1.165) is 43.0 Å². The van der Waals surface area contributed by atoms with Gasteiger partial charge < -0.3 is 10.6 Å². The lowest BCUT2D eigenvalue weighted by Gasteiger charge is -2.18. The smallest absolute Gasteiger partial charge is 0.312 e. The van der Waals surface area contributed by atoms with Crippen molar-refractivity contribution in [3.8, 4) is 11.8 Å². The molecule has 4 rings (SSSR count). The number of nitrogens with zero attached hydrogens (tertiary/aromatic N) is 3. The van der Waals surface area contributed by atoms with Gasteiger partial charge in [-0.3, -0.25) is 5.32 Å². The molecule has 9 heteroatoms. The van der Waals surface area contributed by atoms with Gasteiger partial charge in [-0.05, 0) is 54.4 Å². The van der Waals surface area contributed by atoms with Crippen molar-refractivity contribution in [1.82, 2.24) is 15.1 Å². The molecule has 33 heavy (non-hydrogen) atoms. The fourth-order valence-electron chi connectivity index (χ4n) is 3.63. The maximum Gasteiger partial charge on any atom is 0.324 e. The second-order valence-corrected chi connectivity index (χ2v) is 8.88. The van der Waals surface area contributed by atoms with Crippen molar-refractivity contribution >= 4 is 29.9 Å². The van der Waals surface area contributed by atoms with Crippen LogP contribution in [0.15, 0.2) is 42.5 Å². The summed E-state index contributed by atoms with van der Waals surface area (Å²) in [5, 5.41) is 22.6. The van der Waals surface area contributed by atoms with E-state index in [1.165, 1.54) is 17.2 Å². The number of halogens is 2. The number of rotatable bonds is 3. The summed E-state index contributed by atoms with van der Waals surface area (Å²) in [4.78, 5) is 12.7. The van der Waals surface area contributed by atoms with Crippen LogP contribution in [0.5, 0.6) is 0 Å². The summed E-state index contributed by atoms with van der Waals surface area (Å²) >= 11 is 0. The van der Waals surface area contributed by atoms with Crippen molar-refractivity contribution in [2.45, 2.75) is 39.2 Å². The van der Waals surface area contributed by atoms with Gasteiger partial charge in [0.05, 0.1) is 23.0 Å². The van der Waals surface area contributed by atoms with Crippen LogP contribution in [-0.2, 0) is 18.4 Å². The number of nitrogens with one attached hydrogen (secondary N) is 3. The topological polar surface area (TPSA) is 94.8 Å². The van der Waals surface area contributed by atoms with Gasteiger partial charge in [0, 0.05) is 23.7 Å². The monoisotopic (exact) mass is 468 g/mol. The molecular weight excluding hydrogens is 443 g/mol. The number of hydrogen-bond donors (Lipinski definition) is 3. The van der Waals surface area contributed by atoms with Gasteiger partial charge in [0.15, 0.2) is 0 Å². The Balaban J connectivity index is 0.00000306. The maximum atomic E-state index is 13.7. The van der Waals surface area contributed by atoms with E-state index in [2.05, 4.69) is 48.9 Å². The minimum atomic E-state index is -0.594. The summed E-state index contributed by atoms with van der Waals surface area (Å²) < 4.78 is 15.4. The Morgan fingerprint density at radius 1 is 1.15 bits per heavy atom. The first-order valence-electron chi connectivity index (χ1n) is 10.4. The van der Waals surface area contributed by atoms with Crippen molar-refractivity contribution in [1.29, 1.82) is 5.26 Å². The first-order chi connectivity index (χ1) is 15.2. The first kappa shape index (κ1) is 24.2. The van der Waals surface area contributed by atoms with E-state index in [9.17, 15) is 9.18 Å². The van der Waals surface area contributed by atoms with Crippen molar-refractivity contribution in [2.75, 3.05) is 17.2 Å². The van der Waals surface area contributed by atoms with E-state index in [0.29, 0.717) is 5.82 Å². The van der Waals surface area contributed by atoms with E-state index < -0.39 is 11.8 Å². The SMILES string of the molecule is CC(C)(C)c1cc(NC(=O)Nc2cc(F)cc(C#N)c2)n(-c2ccc3c(c2)CCNC3)n1.Cl. The number of carbonyl (C=O) groups excluding carboxylic acids is 1. The molecule has 0 bridgehead atoms. The zero-order valence-corrected chi connectivity index (χ0v) is 19.5. The molecule has 2 heterocycles. The second kappa shape index (κ2) is 9.61. The highest BCUT2D eigenvalue weighted by Gasteiger charge is 2.22. The highest BCUT2D eigenvalue weighted by atomic mass is 35.5. The summed E-state index contributed by atoms with van der Waals surface area (Å²) in [6, 6.07) is 13.0. The van der Waals surface area contributed by atoms with Gasteiger partial charge in [-0.1, -0.05) is 26.8 Å². The van der Waals surface area contributed by atoms with Crippen LogP contribution in [0.25, 0.3) is 5.69 Å². The second-order valence-electron chi connectivity index (χ2n) is 8.88. The Labute approximate surface area is 198 Å². The molecule has 0 saturated carbocycles. The minimum Gasteiger partial charge on any atom is -0.312 e. The van der Waals surface area contributed by atoms with Crippen molar-refractivity contribution in [2.24, 2.45) is 0 Å². The van der Waals surface area contributed by atoms with Gasteiger partial charge >= 0.3 is 6.03 Å². The van der Waals surface area contributed by atoms with E-state index in [4.69, 9.17) is 10.4 Å². The zero-order chi connectivity index (χ0) is 22.9. The summed E-state index contributed by atoms with van der Waals surface area (Å²) in [5.74, 6) is -0.0961. The summed E-state index contributed by atoms with van der Waals surface area (Å²) in [5.41, 5.74) is 4.30. The fourth-order valence-corrected chi connectivity index (χ4v) is 3.63. The number of urea groups is 1. The molecule has 0 saturated heterocycles. The number of hydrogen-bond acceptors (Lipinski definition) is 4. The lowest BCUT2D eigenvalue weighted by molar-refractivity contribution is 0.262. The molecule has 7 nitrogen and oxygen atoms in total. The van der Waals surface area contributed by atoms with Crippen LogP contribution in [0.4, 0.5) is 20.7 Å². The highest BCUT2D eigenvalue weighted by Crippen LogP contribution is 2.28. The first-order valence-corrected chi connectivity index (χ1v) is 10.4. The Kier molecular flexibility index (Phi) is 7.06. The number of amides is 2. The van der Waals surface area contributed by atoms with Crippen molar-refractivity contribution in [3.63, 3.8) is 0 Å². The lowest BCUT2D eigenvalue weighted by atomic mass is 9.92. The quantitative estimate of drug-likeness (QED) is 0.510. The zero-order valence-electron chi connectivity index (χ0n) is 18.7. The molecule has 0 spiro atoms. The fraction of sp³-hybridized carbons (Fsp3) is 0.292. The Morgan fingerprint density at radius 2 is 1.94 bits per heavy atom. The molecule has 3 N–H and O–H groups in total. The molecule has 0 atom stereocenters. The van der Waals surface area contributed by atoms with Crippen molar-refractivity contribution < 1.29 is 9.18 Å². The molecule has 0 unspecified atom stereocenters. The minimum absolute atomic E-state index is 0. The highest BCUT2D eigenvalue weighted by molar-refractivity contribution is 5.99. The molecule has 1 aromatic heterocycles. The number of anilines is 2. The van der Waals surface area contributed by atoms with Crippen LogP contribution >= 0.6 is 12.4 Å². The van der Waals surface area contributed by atoms with Crippen LogP contribution in [0.3, 0.4) is 0 Å². The lowest BCUT2D eigenvalue weighted by Crippen LogP contribution is -2.24. The van der Waals surface area contributed by atoms with Crippen LogP contribution in [0, 0.1) is 17.1 Å². The third-order valence-electron chi connectivity index (χ3n) is 5.33. The molecule has 2 aromatic carbocycles. The number of nitriles is 1. The molecule has 0 aliphatic carbocycles. The predicted molar refractivity (Wildman–Crippen MR) is 129 cm³/mol. The average molecular weight is 469 g/mol. The van der Waals surface area contributed by atoms with Crippen LogP contribution < -0.4 is 16.0 Å². The van der Waals surface area contributed by atoms with Gasteiger partial charge in [-0.25, -0.2) is 13.9 Å². The van der Waals surface area contributed by atoms with Crippen LogP contribution in [0.2, 0.25) is 0 Å². The number of aromatic nitrogens is 2. The van der Waals surface area contributed by atoms with Gasteiger partial charge in [0.2, 0.25) is 0 Å². The third-order valence-corrected chi connectivity index (χ3v) is 5.33. The molecule has 0 radical (unpaired) electrons. The molecular formula is C24H26ClFN6O. The van der Waals surface area contributed by atoms with Crippen LogP contribution in [-0.4, -0.2) is 22.4 Å². The number of carbonyl (C=O) groups is 1. The van der Waals surface area contributed by atoms with E-state index in [1.54, 1.807) is 4.68 Å². The van der Waals surface area contributed by atoms with Gasteiger partial charge in [-0.2, -0.15) is 10.4 Å². The summed E-state index contributed by atoms with van der Waals surface area (Å²) in [7, 11) is 0.